The lowest BCUT2D eigenvalue weighted by atomic mass is 9.98. The van der Waals surface area contributed by atoms with Gasteiger partial charge in [0.2, 0.25) is 6.29 Å². The number of carbonyl (C=O) groups excluding carboxylic acids is 1. The van der Waals surface area contributed by atoms with Crippen LogP contribution in [-0.2, 0) is 25.4 Å². The van der Waals surface area contributed by atoms with Gasteiger partial charge in [-0.2, -0.15) is 0 Å². The molecule has 2 aromatic carbocycles. The van der Waals surface area contributed by atoms with Crippen LogP contribution in [0.3, 0.4) is 0 Å². The van der Waals surface area contributed by atoms with Gasteiger partial charge in [0.1, 0.15) is 36.8 Å². The minimum atomic E-state index is -2.01. The molecule has 0 radical (unpaired) electrons. The van der Waals surface area contributed by atoms with E-state index in [1.807, 2.05) is 0 Å². The normalized spacial score (nSPS) is 33.2. The Morgan fingerprint density at radius 3 is 2.34 bits per heavy atom. The summed E-state index contributed by atoms with van der Waals surface area (Å²) in [5.74, 6) is -0.397. The van der Waals surface area contributed by atoms with Crippen molar-refractivity contribution in [2.75, 3.05) is 26.4 Å². The molecule has 0 saturated carbocycles. The third-order valence-corrected chi connectivity index (χ3v) is 6.46. The van der Waals surface area contributed by atoms with Crippen LogP contribution in [0.15, 0.2) is 54.6 Å². The molecule has 0 aliphatic carbocycles. The number of aliphatic hydroxyl groups is 6. The molecule has 2 aliphatic rings. The van der Waals surface area contributed by atoms with Gasteiger partial charge in [-0.25, -0.2) is 4.79 Å². The van der Waals surface area contributed by atoms with Gasteiger partial charge < -0.3 is 54.3 Å². The number of hydrogen-bond donors (Lipinski definition) is 6. The Balaban J connectivity index is 1.43. The molecule has 0 unspecified atom stereocenters. The molecule has 12 heteroatoms. The fourth-order valence-corrected chi connectivity index (χ4v) is 4.19. The maximum absolute atomic E-state index is 12.2. The van der Waals surface area contributed by atoms with Gasteiger partial charge in [0, 0.05) is 6.61 Å². The highest BCUT2D eigenvalue weighted by Gasteiger charge is 2.54. The number of carbonyl (C=O) groups is 1. The second kappa shape index (κ2) is 12.5. The van der Waals surface area contributed by atoms with Gasteiger partial charge in [0.15, 0.2) is 18.0 Å². The standard InChI is InChI=1S/C26H32O12/c27-11-10-15-6-8-17(9-7-15)36-24-21(20(30)19(29)18(12-28)37-24)38-25-22(31)26(33,14-35-25)13-34-23(32)16-4-2-1-3-5-16/h1-9,18-22,24-25,27-31,33H,10-14H2/t18-,19-,20+,21+,22+,24-,25+,26-/m1/s1. The number of rotatable bonds is 10. The Morgan fingerprint density at radius 1 is 0.974 bits per heavy atom. The van der Waals surface area contributed by atoms with Crippen molar-refractivity contribution >= 4 is 5.97 Å². The molecular weight excluding hydrogens is 504 g/mol. The quantitative estimate of drug-likeness (QED) is 0.198. The van der Waals surface area contributed by atoms with Gasteiger partial charge in [-0.05, 0) is 36.2 Å². The molecule has 0 bridgehead atoms. The molecule has 0 amide bonds. The topological polar surface area (TPSA) is 185 Å². The minimum Gasteiger partial charge on any atom is -0.462 e. The average Bonchev–Trinajstić information content (AvgIpc) is 3.21. The molecular formula is C26H32O12. The Morgan fingerprint density at radius 2 is 1.68 bits per heavy atom. The number of hydrogen-bond acceptors (Lipinski definition) is 12. The SMILES string of the molecule is O=C(OC[C@@]1(O)CO[C@@H](O[C@@H]2[C@H](Oc3ccc(CCO)cc3)O[C@H](CO)[C@@H](O)[C@@H]2O)[C@@H]1O)c1ccccc1. The van der Waals surface area contributed by atoms with Crippen molar-refractivity contribution in [1.29, 1.82) is 0 Å². The zero-order valence-corrected chi connectivity index (χ0v) is 20.4. The molecule has 0 aromatic heterocycles. The van der Waals surface area contributed by atoms with Gasteiger partial charge in [0.05, 0.1) is 18.8 Å². The lowest BCUT2D eigenvalue weighted by Gasteiger charge is -2.42. The highest BCUT2D eigenvalue weighted by atomic mass is 16.8. The smallest absolute Gasteiger partial charge is 0.338 e. The summed E-state index contributed by atoms with van der Waals surface area (Å²) in [5, 5.41) is 61.4. The zero-order valence-electron chi connectivity index (χ0n) is 20.4. The van der Waals surface area contributed by atoms with Crippen LogP contribution < -0.4 is 4.74 Å². The molecule has 4 rings (SSSR count). The van der Waals surface area contributed by atoms with Crippen molar-refractivity contribution in [2.24, 2.45) is 0 Å². The molecule has 6 N–H and O–H groups in total. The van der Waals surface area contributed by atoms with Crippen LogP contribution in [0.4, 0.5) is 0 Å². The monoisotopic (exact) mass is 536 g/mol. The molecule has 208 valence electrons. The van der Waals surface area contributed by atoms with Crippen LogP contribution in [0.5, 0.6) is 5.75 Å². The van der Waals surface area contributed by atoms with E-state index in [-0.39, 0.29) is 12.2 Å². The Hall–Kier alpha value is -2.65. The second-order valence-corrected chi connectivity index (χ2v) is 9.21. The molecule has 2 aromatic rings. The molecule has 38 heavy (non-hydrogen) atoms. The van der Waals surface area contributed by atoms with E-state index >= 15 is 0 Å². The Bertz CT molecular complexity index is 1030. The van der Waals surface area contributed by atoms with Crippen molar-refractivity contribution < 1.29 is 59.1 Å². The first-order valence-electron chi connectivity index (χ1n) is 12.1. The van der Waals surface area contributed by atoms with Crippen LogP contribution in [0.2, 0.25) is 0 Å². The highest BCUT2D eigenvalue weighted by Crippen LogP contribution is 2.32. The highest BCUT2D eigenvalue weighted by molar-refractivity contribution is 5.89. The second-order valence-electron chi connectivity index (χ2n) is 9.21. The molecule has 2 fully saturated rings. The van der Waals surface area contributed by atoms with Crippen LogP contribution in [-0.4, -0.2) is 112 Å². The lowest BCUT2D eigenvalue weighted by Crippen LogP contribution is -2.62. The predicted molar refractivity (Wildman–Crippen MR) is 128 cm³/mol. The Kier molecular flexibility index (Phi) is 9.31. The minimum absolute atomic E-state index is 0.0222. The van der Waals surface area contributed by atoms with Gasteiger partial charge >= 0.3 is 5.97 Å². The van der Waals surface area contributed by atoms with E-state index in [0.29, 0.717) is 12.2 Å². The maximum Gasteiger partial charge on any atom is 0.338 e. The third kappa shape index (κ3) is 6.31. The summed E-state index contributed by atoms with van der Waals surface area (Å²) in [6.45, 7) is -1.69. The number of esters is 1. The maximum atomic E-state index is 12.2. The first kappa shape index (κ1) is 28.4. The average molecular weight is 537 g/mol. The van der Waals surface area contributed by atoms with Crippen molar-refractivity contribution in [1.82, 2.24) is 0 Å². The summed E-state index contributed by atoms with van der Waals surface area (Å²) in [4.78, 5) is 12.2. The van der Waals surface area contributed by atoms with E-state index in [4.69, 9.17) is 28.8 Å². The molecule has 2 aliphatic heterocycles. The number of aliphatic hydroxyl groups excluding tert-OH is 5. The number of benzene rings is 2. The van der Waals surface area contributed by atoms with E-state index in [1.165, 1.54) is 12.1 Å². The first-order chi connectivity index (χ1) is 18.3. The van der Waals surface area contributed by atoms with E-state index in [0.717, 1.165) is 5.56 Å². The van der Waals surface area contributed by atoms with Crippen molar-refractivity contribution in [3.8, 4) is 5.75 Å². The van der Waals surface area contributed by atoms with Crippen molar-refractivity contribution in [3.05, 3.63) is 65.7 Å². The molecule has 8 atom stereocenters. The largest absolute Gasteiger partial charge is 0.462 e. The zero-order chi connectivity index (χ0) is 27.3. The van der Waals surface area contributed by atoms with Crippen molar-refractivity contribution in [2.45, 2.75) is 55.1 Å². The van der Waals surface area contributed by atoms with E-state index in [1.54, 1.807) is 42.5 Å². The summed E-state index contributed by atoms with van der Waals surface area (Å²) in [6.07, 6.45) is -9.90. The summed E-state index contributed by atoms with van der Waals surface area (Å²) in [7, 11) is 0. The first-order valence-corrected chi connectivity index (χ1v) is 12.1. The van der Waals surface area contributed by atoms with Gasteiger partial charge in [-0.1, -0.05) is 30.3 Å². The summed E-state index contributed by atoms with van der Waals surface area (Å²) < 4.78 is 27.7. The fourth-order valence-electron chi connectivity index (χ4n) is 4.19. The summed E-state index contributed by atoms with van der Waals surface area (Å²) >= 11 is 0. The fraction of sp³-hybridized carbons (Fsp3) is 0.500. The lowest BCUT2D eigenvalue weighted by molar-refractivity contribution is -0.318. The third-order valence-electron chi connectivity index (χ3n) is 6.46. The van der Waals surface area contributed by atoms with E-state index in [9.17, 15) is 30.3 Å². The number of ether oxygens (including phenoxy) is 5. The van der Waals surface area contributed by atoms with E-state index in [2.05, 4.69) is 0 Å². The molecule has 2 heterocycles. The van der Waals surface area contributed by atoms with Crippen LogP contribution >= 0.6 is 0 Å². The van der Waals surface area contributed by atoms with Gasteiger partial charge in [-0.15, -0.1) is 0 Å². The molecule has 2 saturated heterocycles. The van der Waals surface area contributed by atoms with Gasteiger partial charge in [0.25, 0.3) is 0 Å². The van der Waals surface area contributed by atoms with Crippen LogP contribution in [0.1, 0.15) is 15.9 Å². The summed E-state index contributed by atoms with van der Waals surface area (Å²) in [5.41, 5.74) is -0.895. The summed E-state index contributed by atoms with van der Waals surface area (Å²) in [6, 6.07) is 14.8. The predicted octanol–water partition coefficient (Wildman–Crippen LogP) is -1.27. The molecule has 0 spiro atoms. The van der Waals surface area contributed by atoms with E-state index < -0.39 is 74.5 Å². The molecule has 12 nitrogen and oxygen atoms in total. The van der Waals surface area contributed by atoms with Crippen molar-refractivity contribution in [3.63, 3.8) is 0 Å². The van der Waals surface area contributed by atoms with Crippen LogP contribution in [0, 0.1) is 0 Å². The van der Waals surface area contributed by atoms with Crippen LogP contribution in [0.25, 0.3) is 0 Å². The Labute approximate surface area is 218 Å². The van der Waals surface area contributed by atoms with Gasteiger partial charge in [-0.3, -0.25) is 0 Å².